The Labute approximate surface area is 143 Å². The van der Waals surface area contributed by atoms with Gasteiger partial charge in [-0.1, -0.05) is 13.8 Å². The van der Waals surface area contributed by atoms with E-state index in [4.69, 9.17) is 0 Å². The summed E-state index contributed by atoms with van der Waals surface area (Å²) in [6, 6.07) is 0. The molecule has 7 spiro atoms. The molecule has 0 amide bonds. The summed E-state index contributed by atoms with van der Waals surface area (Å²) in [6.07, 6.45) is 10.3. The van der Waals surface area contributed by atoms with Crippen LogP contribution in [0.1, 0.15) is 52.4 Å². The van der Waals surface area contributed by atoms with Crippen molar-refractivity contribution >= 4 is 0 Å². The van der Waals surface area contributed by atoms with Gasteiger partial charge in [0.15, 0.2) is 0 Å². The van der Waals surface area contributed by atoms with Gasteiger partial charge < -0.3 is 0 Å². The Balaban J connectivity index is 1.31. The lowest BCUT2D eigenvalue weighted by Gasteiger charge is -3.32. The number of hydrogen-bond donors (Lipinski definition) is 0. The molecular formula is C24H26. The Bertz CT molecular complexity index is 971. The van der Waals surface area contributed by atoms with Crippen LogP contribution in [0.4, 0.5) is 0 Å². The van der Waals surface area contributed by atoms with E-state index >= 15 is 0 Å². The van der Waals surface area contributed by atoms with Crippen LogP contribution in [0.3, 0.4) is 0 Å². The second kappa shape index (κ2) is 1.83. The van der Waals surface area contributed by atoms with E-state index in [1.165, 1.54) is 41.4 Å². The van der Waals surface area contributed by atoms with Crippen molar-refractivity contribution < 1.29 is 0 Å². The lowest BCUT2D eigenvalue weighted by Crippen LogP contribution is -3.29. The summed E-state index contributed by atoms with van der Waals surface area (Å²) in [5, 5.41) is 0. The highest BCUT2D eigenvalue weighted by molar-refractivity contribution is 5.78. The van der Waals surface area contributed by atoms with Gasteiger partial charge in [0.1, 0.15) is 0 Å². The number of hydrogen-bond acceptors (Lipinski definition) is 0. The molecular weight excluding hydrogens is 288 g/mol. The topological polar surface area (TPSA) is 0 Å². The summed E-state index contributed by atoms with van der Waals surface area (Å²) in [4.78, 5) is 0. The molecule has 0 heterocycles. The first-order valence-electron chi connectivity index (χ1n) is 11.6. The van der Waals surface area contributed by atoms with Crippen LogP contribution in [0.5, 0.6) is 0 Å². The summed E-state index contributed by atoms with van der Waals surface area (Å²) < 4.78 is 0. The first-order chi connectivity index (χ1) is 11.6. The van der Waals surface area contributed by atoms with Crippen molar-refractivity contribution in [3.05, 3.63) is 0 Å². The Morgan fingerprint density at radius 3 is 2.38 bits per heavy atom. The zero-order valence-corrected chi connectivity index (χ0v) is 14.9. The molecule has 16 atom stereocenters. The maximum atomic E-state index is 2.89. The molecule has 0 aromatic heterocycles. The fourth-order valence-electron chi connectivity index (χ4n) is 19.5. The lowest BCUT2D eigenvalue weighted by molar-refractivity contribution is -0.861. The summed E-state index contributed by atoms with van der Waals surface area (Å²) in [5.74, 6) is 9.95. The Hall–Kier alpha value is 0. The Morgan fingerprint density at radius 2 is 1.58 bits per heavy atom. The van der Waals surface area contributed by atoms with Crippen molar-refractivity contribution in [2.45, 2.75) is 52.4 Å². The molecule has 0 aromatic rings. The van der Waals surface area contributed by atoms with Gasteiger partial charge in [0.2, 0.25) is 0 Å². The van der Waals surface area contributed by atoms with E-state index in [9.17, 15) is 0 Å². The second-order valence-electron chi connectivity index (χ2n) is 13.8. The van der Waals surface area contributed by atoms with Crippen molar-refractivity contribution in [1.82, 2.24) is 0 Å². The number of rotatable bonds is 0. The minimum atomic E-state index is 0.867. The van der Waals surface area contributed by atoms with Gasteiger partial charge >= 0.3 is 0 Å². The van der Waals surface area contributed by atoms with Gasteiger partial charge in [-0.05, 0) is 129 Å². The third kappa shape index (κ3) is 0.306. The lowest BCUT2D eigenvalue weighted by atomic mass is 8.71. The summed E-state index contributed by atoms with van der Waals surface area (Å²) >= 11 is 0. The molecule has 0 bridgehead atoms. The van der Waals surface area contributed by atoms with Crippen LogP contribution in [0.2, 0.25) is 0 Å². The highest BCUT2D eigenvalue weighted by Gasteiger charge is 3.32. The molecule has 12 aliphatic carbocycles. The average Bonchev–Trinajstić information content (AvgIpc) is 2.64. The SMILES string of the molecule is CC1C2CC3C4C5CC6C7CC8CC9%10C87C65C49C34C2(C)C12CCC2%104. The number of fused-ring (bicyclic) bond motifs is 3. The van der Waals surface area contributed by atoms with Gasteiger partial charge in [-0.25, -0.2) is 0 Å². The van der Waals surface area contributed by atoms with Gasteiger partial charge in [0, 0.05) is 0 Å². The molecule has 122 valence electrons. The molecule has 0 aliphatic heterocycles. The largest absolute Gasteiger partial charge is 0.0616 e. The van der Waals surface area contributed by atoms with Crippen LogP contribution in [0, 0.1) is 90.7 Å². The normalized spacial score (nSPS) is 106. The molecule has 0 aromatic carbocycles. The van der Waals surface area contributed by atoms with Crippen LogP contribution < -0.4 is 0 Å². The van der Waals surface area contributed by atoms with Crippen molar-refractivity contribution in [3.63, 3.8) is 0 Å². The molecule has 0 heteroatoms. The smallest absolute Gasteiger partial charge is 0.00572 e. The first-order valence-corrected chi connectivity index (χ1v) is 11.6. The average molecular weight is 314 g/mol. The minimum Gasteiger partial charge on any atom is -0.0616 e. The molecule has 0 N–H and O–H groups in total. The maximum Gasteiger partial charge on any atom is -0.00572 e. The molecule has 16 unspecified atom stereocenters. The zero-order chi connectivity index (χ0) is 14.9. The summed E-state index contributed by atoms with van der Waals surface area (Å²) in [7, 11) is 0. The highest BCUT2D eigenvalue weighted by Crippen LogP contribution is 3.35. The molecule has 12 fully saturated rings. The van der Waals surface area contributed by atoms with Gasteiger partial charge in [0.05, 0.1) is 0 Å². The fourth-order valence-corrected chi connectivity index (χ4v) is 19.5. The van der Waals surface area contributed by atoms with Crippen molar-refractivity contribution in [1.29, 1.82) is 0 Å². The zero-order valence-electron chi connectivity index (χ0n) is 14.9. The van der Waals surface area contributed by atoms with E-state index in [0.717, 1.165) is 49.2 Å². The molecule has 0 radical (unpaired) electrons. The summed E-state index contributed by atoms with van der Waals surface area (Å²) in [5.41, 5.74) is 7.78. The van der Waals surface area contributed by atoms with Gasteiger partial charge in [0.25, 0.3) is 0 Å². The van der Waals surface area contributed by atoms with Gasteiger partial charge in [-0.3, -0.25) is 0 Å². The predicted octanol–water partition coefficient (Wildman–Crippen LogP) is 4.35. The van der Waals surface area contributed by atoms with Crippen LogP contribution in [0.15, 0.2) is 0 Å². The first kappa shape index (κ1) is 10.4. The van der Waals surface area contributed by atoms with E-state index in [1.807, 2.05) is 0 Å². The minimum absolute atomic E-state index is 0.867. The third-order valence-corrected chi connectivity index (χ3v) is 17.2. The second-order valence-corrected chi connectivity index (χ2v) is 13.8. The van der Waals surface area contributed by atoms with Crippen LogP contribution in [-0.4, -0.2) is 0 Å². The fraction of sp³-hybridized carbons (Fsp3) is 1.00. The summed E-state index contributed by atoms with van der Waals surface area (Å²) in [6.45, 7) is 5.63. The van der Waals surface area contributed by atoms with E-state index in [0.29, 0.717) is 0 Å². The Morgan fingerprint density at radius 1 is 0.750 bits per heavy atom. The predicted molar refractivity (Wildman–Crippen MR) is 86.4 cm³/mol. The van der Waals surface area contributed by atoms with E-state index < -0.39 is 0 Å². The molecule has 24 heavy (non-hydrogen) atoms. The molecule has 12 aliphatic rings. The van der Waals surface area contributed by atoms with Gasteiger partial charge in [-0.2, -0.15) is 0 Å². The highest BCUT2D eigenvalue weighted by atomic mass is 15.4. The molecule has 0 nitrogen and oxygen atoms in total. The maximum absolute atomic E-state index is 2.89. The van der Waals surface area contributed by atoms with Crippen LogP contribution >= 0.6 is 0 Å². The third-order valence-electron chi connectivity index (χ3n) is 17.2. The molecule has 12 rings (SSSR count). The molecule has 0 saturated heterocycles. The van der Waals surface area contributed by atoms with Crippen LogP contribution in [0.25, 0.3) is 0 Å². The van der Waals surface area contributed by atoms with E-state index in [2.05, 4.69) is 13.8 Å². The quantitative estimate of drug-likeness (QED) is 0.623. The van der Waals surface area contributed by atoms with Crippen molar-refractivity contribution in [2.75, 3.05) is 0 Å². The Kier molecular flexibility index (Phi) is 0.790. The van der Waals surface area contributed by atoms with Crippen LogP contribution in [-0.2, 0) is 0 Å². The van der Waals surface area contributed by atoms with Crippen molar-refractivity contribution in [2.24, 2.45) is 90.7 Å². The monoisotopic (exact) mass is 314 g/mol. The standard InChI is InChI=1S/C24H26/c1-9-11-6-15-16-14-7-13-12-5-10-8-20-19-4-3-18(9,19)17(11,2)23(15,19)24(16,20)22(13,14)21(10,12)20/h9-16H,3-8H2,1-2H3. The molecule has 12 saturated carbocycles. The van der Waals surface area contributed by atoms with Crippen molar-refractivity contribution in [3.8, 4) is 0 Å². The van der Waals surface area contributed by atoms with E-state index in [1.54, 1.807) is 38.5 Å². The van der Waals surface area contributed by atoms with Gasteiger partial charge in [-0.15, -0.1) is 0 Å². The van der Waals surface area contributed by atoms with E-state index in [-0.39, 0.29) is 0 Å².